The predicted molar refractivity (Wildman–Crippen MR) is 69.9 cm³/mol. The van der Waals surface area contributed by atoms with Crippen molar-refractivity contribution >= 4 is 28.3 Å². The number of aliphatic carboxylic acids is 1. The summed E-state index contributed by atoms with van der Waals surface area (Å²) in [6.07, 6.45) is 2.64. The van der Waals surface area contributed by atoms with Gasteiger partial charge in [-0.05, 0) is 12.8 Å². The molecule has 0 spiro atoms. The fourth-order valence-corrected chi connectivity index (χ4v) is 2.87. The second-order valence-electron chi connectivity index (χ2n) is 4.29. The molecule has 1 aromatic rings. The number of carboxylic acids is 1. The van der Waals surface area contributed by atoms with Gasteiger partial charge in [-0.25, -0.2) is 9.78 Å². The van der Waals surface area contributed by atoms with Crippen LogP contribution in [-0.2, 0) is 16.0 Å². The number of nitrogen functional groups attached to an aromatic ring is 1. The molecule has 1 aromatic heterocycles. The molecule has 0 unspecified atom stereocenters. The van der Waals surface area contributed by atoms with E-state index < -0.39 is 17.9 Å². The topological polar surface area (TPSA) is 123 Å². The van der Waals surface area contributed by atoms with Gasteiger partial charge in [-0.15, -0.1) is 11.3 Å². The number of amides is 1. The molecule has 19 heavy (non-hydrogen) atoms. The molecule has 0 saturated carbocycles. The van der Waals surface area contributed by atoms with Crippen LogP contribution in [0.5, 0.6) is 0 Å². The maximum absolute atomic E-state index is 11.8. The van der Waals surface area contributed by atoms with Crippen LogP contribution in [0.15, 0.2) is 18.6 Å². The normalized spacial score (nSPS) is 22.1. The summed E-state index contributed by atoms with van der Waals surface area (Å²) < 4.78 is 0. The molecule has 8 heteroatoms. The largest absolute Gasteiger partial charge is 0.480 e. The Morgan fingerprint density at radius 2 is 2.32 bits per heavy atom. The number of nitrogens with zero attached hydrogens (tertiary/aromatic N) is 2. The van der Waals surface area contributed by atoms with Gasteiger partial charge in [-0.3, -0.25) is 9.69 Å². The van der Waals surface area contributed by atoms with Crippen molar-refractivity contribution in [3.63, 3.8) is 0 Å². The zero-order chi connectivity index (χ0) is 14.2. The highest BCUT2D eigenvalue weighted by atomic mass is 32.1. The molecule has 2 heterocycles. The number of hydrogen-bond acceptors (Lipinski definition) is 6. The van der Waals surface area contributed by atoms with Crippen LogP contribution in [0, 0.1) is 5.92 Å². The molecule has 1 saturated heterocycles. The van der Waals surface area contributed by atoms with Crippen LogP contribution in [0.4, 0.5) is 5.13 Å². The highest BCUT2D eigenvalue weighted by Crippen LogP contribution is 2.33. The lowest BCUT2D eigenvalue weighted by molar-refractivity contribution is -0.167. The molecule has 1 amide bonds. The number of carbonyl (C=O) groups excluding carboxylic acids is 1. The first-order valence-corrected chi connectivity index (χ1v) is 6.44. The summed E-state index contributed by atoms with van der Waals surface area (Å²) in [4.78, 5) is 28.8. The van der Waals surface area contributed by atoms with Gasteiger partial charge in [-0.1, -0.05) is 6.58 Å². The third-order valence-corrected chi connectivity index (χ3v) is 3.94. The first-order valence-electron chi connectivity index (χ1n) is 5.62. The van der Waals surface area contributed by atoms with Gasteiger partial charge in [0.05, 0.1) is 11.7 Å². The molecule has 0 aromatic carbocycles. The lowest BCUT2D eigenvalue weighted by Crippen LogP contribution is -2.64. The quantitative estimate of drug-likeness (QED) is 0.653. The van der Waals surface area contributed by atoms with E-state index >= 15 is 0 Å². The second kappa shape index (κ2) is 4.88. The first-order chi connectivity index (χ1) is 8.91. The molecule has 1 aliphatic rings. The van der Waals surface area contributed by atoms with E-state index in [4.69, 9.17) is 16.6 Å². The van der Waals surface area contributed by atoms with Crippen molar-refractivity contribution in [2.24, 2.45) is 11.7 Å². The van der Waals surface area contributed by atoms with Crippen molar-refractivity contribution in [2.45, 2.75) is 18.9 Å². The standard InChI is InChI=1S/C11H14N4O3S/c1-5(12)15-8(10(17)18)7(9(15)16)3-2-6-4-14-11(13)19-6/h4,7-8H,1-3,12H2,(H2,13,14)(H,17,18)/t7-,8+/m1/s1. The average Bonchev–Trinajstić information content (AvgIpc) is 2.70. The Kier molecular flexibility index (Phi) is 3.43. The molecule has 2 atom stereocenters. The third kappa shape index (κ3) is 2.39. The van der Waals surface area contributed by atoms with Crippen molar-refractivity contribution < 1.29 is 14.7 Å². The van der Waals surface area contributed by atoms with Gasteiger partial charge < -0.3 is 16.6 Å². The number of rotatable bonds is 5. The lowest BCUT2D eigenvalue weighted by atomic mass is 9.83. The van der Waals surface area contributed by atoms with Gasteiger partial charge in [-0.2, -0.15) is 0 Å². The smallest absolute Gasteiger partial charge is 0.327 e. The molecule has 5 N–H and O–H groups in total. The van der Waals surface area contributed by atoms with Crippen LogP contribution in [-0.4, -0.2) is 32.9 Å². The van der Waals surface area contributed by atoms with Gasteiger partial charge in [0, 0.05) is 11.1 Å². The van der Waals surface area contributed by atoms with E-state index in [0.29, 0.717) is 18.0 Å². The Balaban J connectivity index is 2.02. The van der Waals surface area contributed by atoms with Crippen molar-refractivity contribution in [3.05, 3.63) is 23.5 Å². The lowest BCUT2D eigenvalue weighted by Gasteiger charge is -2.44. The maximum atomic E-state index is 11.8. The van der Waals surface area contributed by atoms with Crippen molar-refractivity contribution in [3.8, 4) is 0 Å². The van der Waals surface area contributed by atoms with E-state index in [1.54, 1.807) is 6.20 Å². The Bertz CT molecular complexity index is 542. The maximum Gasteiger partial charge on any atom is 0.327 e. The summed E-state index contributed by atoms with van der Waals surface area (Å²) in [6.45, 7) is 3.41. The van der Waals surface area contributed by atoms with Crippen LogP contribution in [0.25, 0.3) is 0 Å². The number of thiazole rings is 1. The molecule has 1 fully saturated rings. The zero-order valence-corrected chi connectivity index (χ0v) is 10.9. The number of aromatic nitrogens is 1. The summed E-state index contributed by atoms with van der Waals surface area (Å²) in [6, 6.07) is -0.921. The number of hydrogen-bond donors (Lipinski definition) is 3. The molecular weight excluding hydrogens is 268 g/mol. The molecule has 0 radical (unpaired) electrons. The Morgan fingerprint density at radius 1 is 1.63 bits per heavy atom. The first kappa shape index (κ1) is 13.3. The molecule has 0 aliphatic carbocycles. The zero-order valence-electron chi connectivity index (χ0n) is 10.1. The van der Waals surface area contributed by atoms with Gasteiger partial charge in [0.1, 0.15) is 6.04 Å². The van der Waals surface area contributed by atoms with Crippen LogP contribution >= 0.6 is 11.3 Å². The molecule has 1 aliphatic heterocycles. The van der Waals surface area contributed by atoms with Gasteiger partial charge in [0.25, 0.3) is 0 Å². The van der Waals surface area contributed by atoms with Crippen molar-refractivity contribution in [1.29, 1.82) is 0 Å². The molecule has 0 bridgehead atoms. The minimum Gasteiger partial charge on any atom is -0.480 e. The molecule has 2 rings (SSSR count). The third-order valence-electron chi connectivity index (χ3n) is 3.05. The van der Waals surface area contributed by atoms with E-state index in [-0.39, 0.29) is 11.7 Å². The minimum atomic E-state index is -1.07. The van der Waals surface area contributed by atoms with Crippen molar-refractivity contribution in [2.75, 3.05) is 5.73 Å². The number of carbonyl (C=O) groups is 2. The summed E-state index contributed by atoms with van der Waals surface area (Å²) in [7, 11) is 0. The van der Waals surface area contributed by atoms with E-state index in [9.17, 15) is 9.59 Å². The Hall–Kier alpha value is -2.09. The molecular formula is C11H14N4O3S. The predicted octanol–water partition coefficient (Wildman–Crippen LogP) is -0.000600. The number of β-lactam (4-membered cyclic amide) rings is 1. The average molecular weight is 282 g/mol. The number of aryl methyl sites for hydroxylation is 1. The number of anilines is 1. The SMILES string of the molecule is C=C(N)N1C(=O)[C@H](CCc2cnc(N)s2)[C@H]1C(=O)O. The minimum absolute atomic E-state index is 0.0318. The van der Waals surface area contributed by atoms with E-state index in [0.717, 1.165) is 9.78 Å². The number of nitrogens with two attached hydrogens (primary N) is 2. The van der Waals surface area contributed by atoms with E-state index in [1.807, 2.05) is 0 Å². The summed E-state index contributed by atoms with van der Waals surface area (Å²) in [5.74, 6) is -1.96. The van der Waals surface area contributed by atoms with Crippen LogP contribution < -0.4 is 11.5 Å². The monoisotopic (exact) mass is 282 g/mol. The van der Waals surface area contributed by atoms with Crippen LogP contribution in [0.1, 0.15) is 11.3 Å². The second-order valence-corrected chi connectivity index (χ2v) is 5.44. The van der Waals surface area contributed by atoms with Gasteiger partial charge in [0.15, 0.2) is 5.13 Å². The summed E-state index contributed by atoms with van der Waals surface area (Å²) in [5, 5.41) is 9.58. The highest BCUT2D eigenvalue weighted by Gasteiger charge is 2.51. The van der Waals surface area contributed by atoms with Gasteiger partial charge in [0.2, 0.25) is 5.91 Å². The number of likely N-dealkylation sites (tertiary alicyclic amines) is 1. The van der Waals surface area contributed by atoms with Crippen LogP contribution in [0.2, 0.25) is 0 Å². The molecule has 7 nitrogen and oxygen atoms in total. The Morgan fingerprint density at radius 3 is 2.79 bits per heavy atom. The van der Waals surface area contributed by atoms with Crippen molar-refractivity contribution in [1.82, 2.24) is 9.88 Å². The molecule has 102 valence electrons. The fourth-order valence-electron chi connectivity index (χ4n) is 2.17. The van der Waals surface area contributed by atoms with E-state index in [2.05, 4.69) is 11.6 Å². The summed E-state index contributed by atoms with van der Waals surface area (Å²) in [5.41, 5.74) is 10.9. The summed E-state index contributed by atoms with van der Waals surface area (Å²) >= 11 is 1.33. The Labute approximate surface area is 113 Å². The van der Waals surface area contributed by atoms with Gasteiger partial charge >= 0.3 is 5.97 Å². The van der Waals surface area contributed by atoms with E-state index in [1.165, 1.54) is 11.3 Å². The fraction of sp³-hybridized carbons (Fsp3) is 0.364. The highest BCUT2D eigenvalue weighted by molar-refractivity contribution is 7.15. The van der Waals surface area contributed by atoms with Crippen LogP contribution in [0.3, 0.4) is 0 Å². The number of carboxylic acid groups (broad SMARTS) is 1.